The highest BCUT2D eigenvalue weighted by Crippen LogP contribution is 2.37. The first-order valence-electron chi connectivity index (χ1n) is 7.94. The maximum absolute atomic E-state index is 11.0. The molecule has 0 spiro atoms. The molecule has 0 aromatic rings. The summed E-state index contributed by atoms with van der Waals surface area (Å²) in [4.78, 5) is 28.2. The van der Waals surface area contributed by atoms with Gasteiger partial charge in [-0.2, -0.15) is 0 Å². The Bertz CT molecular complexity index is 306. The number of nitrogens with one attached hydrogen (secondary N) is 1. The zero-order chi connectivity index (χ0) is 16.0. The average Bonchev–Trinajstić information content (AvgIpc) is 2.42. The van der Waals surface area contributed by atoms with Gasteiger partial charge in [-0.3, -0.25) is 9.36 Å². The molecule has 0 aromatic carbocycles. The van der Waals surface area contributed by atoms with Gasteiger partial charge in [0.2, 0.25) is 5.52 Å². The summed E-state index contributed by atoms with van der Waals surface area (Å²) >= 11 is 0. The lowest BCUT2D eigenvalue weighted by Crippen LogP contribution is -2.07. The van der Waals surface area contributed by atoms with Crippen LogP contribution in [-0.2, 0) is 9.36 Å². The number of rotatable bonds is 15. The van der Waals surface area contributed by atoms with Crippen LogP contribution in [0.2, 0.25) is 0 Å². The van der Waals surface area contributed by atoms with E-state index in [1.165, 1.54) is 32.1 Å². The van der Waals surface area contributed by atoms with E-state index in [2.05, 4.69) is 5.48 Å². The number of carbonyl (C=O) groups excluding carboxylic acids is 1. The number of hydroxylamine groups is 1. The van der Waals surface area contributed by atoms with Crippen molar-refractivity contribution in [2.24, 2.45) is 0 Å². The Morgan fingerprint density at radius 1 is 0.762 bits per heavy atom. The van der Waals surface area contributed by atoms with Gasteiger partial charge < -0.3 is 15.0 Å². The van der Waals surface area contributed by atoms with Gasteiger partial charge in [0.05, 0.1) is 0 Å². The molecule has 0 amide bonds. The SMILES string of the molecule is O=C(CCCCCCCCCCCCCNO)P(=O)(O)O. The molecule has 126 valence electrons. The lowest BCUT2D eigenvalue weighted by molar-refractivity contribution is -0.113. The zero-order valence-electron chi connectivity index (χ0n) is 12.8. The highest BCUT2D eigenvalue weighted by Gasteiger charge is 2.24. The summed E-state index contributed by atoms with van der Waals surface area (Å²) in [7, 11) is -4.50. The van der Waals surface area contributed by atoms with Gasteiger partial charge in [-0.25, -0.2) is 5.48 Å². The monoisotopic (exact) mass is 323 g/mol. The Labute approximate surface area is 127 Å². The predicted molar refractivity (Wildman–Crippen MR) is 82.2 cm³/mol. The first kappa shape index (κ1) is 20.7. The Morgan fingerprint density at radius 3 is 1.52 bits per heavy atom. The molecule has 0 fully saturated rings. The van der Waals surface area contributed by atoms with E-state index in [-0.39, 0.29) is 6.42 Å². The third kappa shape index (κ3) is 14.4. The Kier molecular flexibility index (Phi) is 13.2. The summed E-state index contributed by atoms with van der Waals surface area (Å²) < 4.78 is 10.6. The van der Waals surface area contributed by atoms with Crippen LogP contribution in [0.4, 0.5) is 0 Å². The van der Waals surface area contributed by atoms with Crippen molar-refractivity contribution in [3.8, 4) is 0 Å². The quantitative estimate of drug-likeness (QED) is 0.209. The highest BCUT2D eigenvalue weighted by molar-refractivity contribution is 7.70. The molecule has 0 aromatic heterocycles. The minimum Gasteiger partial charge on any atom is -0.319 e. The molecule has 0 heterocycles. The number of unbranched alkanes of at least 4 members (excludes halogenated alkanes) is 10. The smallest absolute Gasteiger partial charge is 0.319 e. The first-order valence-corrected chi connectivity index (χ1v) is 9.55. The van der Waals surface area contributed by atoms with Gasteiger partial charge in [0.25, 0.3) is 0 Å². The maximum atomic E-state index is 11.0. The topological polar surface area (TPSA) is 107 Å². The Morgan fingerprint density at radius 2 is 1.14 bits per heavy atom. The van der Waals surface area contributed by atoms with Crippen molar-refractivity contribution in [3.05, 3.63) is 0 Å². The molecule has 4 N–H and O–H groups in total. The van der Waals surface area contributed by atoms with Gasteiger partial charge in [-0.15, -0.1) is 0 Å². The van der Waals surface area contributed by atoms with E-state index in [4.69, 9.17) is 15.0 Å². The lowest BCUT2D eigenvalue weighted by atomic mass is 10.1. The van der Waals surface area contributed by atoms with Gasteiger partial charge >= 0.3 is 7.60 Å². The molecule has 7 heteroatoms. The van der Waals surface area contributed by atoms with E-state index in [0.717, 1.165) is 32.1 Å². The van der Waals surface area contributed by atoms with E-state index >= 15 is 0 Å². The minimum absolute atomic E-state index is 0.00697. The fourth-order valence-corrected chi connectivity index (χ4v) is 2.67. The van der Waals surface area contributed by atoms with Crippen LogP contribution in [0.5, 0.6) is 0 Å². The van der Waals surface area contributed by atoms with Crippen molar-refractivity contribution >= 4 is 13.1 Å². The van der Waals surface area contributed by atoms with Crippen LogP contribution in [0.3, 0.4) is 0 Å². The lowest BCUT2D eigenvalue weighted by Gasteiger charge is -2.04. The van der Waals surface area contributed by atoms with Gasteiger partial charge in [0, 0.05) is 13.0 Å². The van der Waals surface area contributed by atoms with Crippen molar-refractivity contribution in [1.82, 2.24) is 5.48 Å². The molecular formula is C14H30NO5P. The van der Waals surface area contributed by atoms with Gasteiger partial charge in [-0.1, -0.05) is 57.8 Å². The van der Waals surface area contributed by atoms with Crippen LogP contribution in [0.15, 0.2) is 0 Å². The summed E-state index contributed by atoms with van der Waals surface area (Å²) in [5.41, 5.74) is 1.22. The van der Waals surface area contributed by atoms with Gasteiger partial charge in [0.15, 0.2) is 0 Å². The molecule has 0 radical (unpaired) electrons. The molecule has 0 rings (SSSR count). The molecule has 6 nitrogen and oxygen atoms in total. The third-order valence-electron chi connectivity index (χ3n) is 3.50. The van der Waals surface area contributed by atoms with Crippen LogP contribution in [0.25, 0.3) is 0 Å². The molecule has 0 saturated heterocycles. The molecule has 0 aliphatic rings. The maximum Gasteiger partial charge on any atom is 0.391 e. The van der Waals surface area contributed by atoms with Gasteiger partial charge in [-0.05, 0) is 12.8 Å². The summed E-state index contributed by atoms with van der Waals surface area (Å²) in [6.45, 7) is 0.671. The number of carbonyl (C=O) groups is 1. The van der Waals surface area contributed by atoms with Crippen LogP contribution >= 0.6 is 7.60 Å². The largest absolute Gasteiger partial charge is 0.391 e. The second-order valence-corrected chi connectivity index (χ2v) is 7.07. The standard InChI is InChI=1S/C14H30NO5P/c16-14(21(18,19)20)12-10-8-6-4-2-1-3-5-7-9-11-13-15-17/h15,17H,1-13H2,(H2,18,19,20). The second kappa shape index (κ2) is 13.4. The Hall–Kier alpha value is -0.260. The molecular weight excluding hydrogens is 293 g/mol. The summed E-state index contributed by atoms with van der Waals surface area (Å²) in [6.07, 6.45) is 11.8. The molecule has 0 atom stereocenters. The van der Waals surface area contributed by atoms with Gasteiger partial charge in [0.1, 0.15) is 0 Å². The highest BCUT2D eigenvalue weighted by atomic mass is 31.2. The minimum atomic E-state index is -4.50. The van der Waals surface area contributed by atoms with Crippen molar-refractivity contribution in [2.45, 2.75) is 77.0 Å². The van der Waals surface area contributed by atoms with Crippen molar-refractivity contribution < 1.29 is 24.4 Å². The van der Waals surface area contributed by atoms with Crippen LogP contribution < -0.4 is 5.48 Å². The summed E-state index contributed by atoms with van der Waals surface area (Å²) in [5.74, 6) is 0. The molecule has 0 aliphatic heterocycles. The molecule has 21 heavy (non-hydrogen) atoms. The molecule has 0 aliphatic carbocycles. The van der Waals surface area contributed by atoms with Crippen molar-refractivity contribution in [1.29, 1.82) is 0 Å². The summed E-state index contributed by atoms with van der Waals surface area (Å²) in [5, 5.41) is 8.39. The van der Waals surface area contributed by atoms with E-state index < -0.39 is 13.1 Å². The third-order valence-corrected chi connectivity index (χ3v) is 4.38. The number of hydrogen-bond donors (Lipinski definition) is 4. The summed E-state index contributed by atoms with van der Waals surface area (Å²) in [6, 6.07) is 0. The molecule has 0 unspecified atom stereocenters. The fourth-order valence-electron chi connectivity index (χ4n) is 2.22. The van der Waals surface area contributed by atoms with E-state index in [0.29, 0.717) is 13.0 Å². The normalized spacial score (nSPS) is 11.8. The van der Waals surface area contributed by atoms with Crippen molar-refractivity contribution in [3.63, 3.8) is 0 Å². The predicted octanol–water partition coefficient (Wildman–Crippen LogP) is 3.35. The second-order valence-electron chi connectivity index (χ2n) is 5.48. The Balaban J connectivity index is 3.16. The van der Waals surface area contributed by atoms with E-state index in [1.807, 2.05) is 0 Å². The van der Waals surface area contributed by atoms with Crippen LogP contribution in [0.1, 0.15) is 77.0 Å². The van der Waals surface area contributed by atoms with E-state index in [9.17, 15) is 9.36 Å². The van der Waals surface area contributed by atoms with Crippen molar-refractivity contribution in [2.75, 3.05) is 6.54 Å². The first-order chi connectivity index (χ1) is 9.98. The average molecular weight is 323 g/mol. The molecule has 0 bridgehead atoms. The number of hydrogen-bond acceptors (Lipinski definition) is 4. The zero-order valence-corrected chi connectivity index (χ0v) is 13.7. The van der Waals surface area contributed by atoms with E-state index in [1.54, 1.807) is 0 Å². The van der Waals surface area contributed by atoms with Crippen LogP contribution in [0, 0.1) is 0 Å². The van der Waals surface area contributed by atoms with Crippen LogP contribution in [-0.4, -0.2) is 27.1 Å². The fraction of sp³-hybridized carbons (Fsp3) is 0.929. The molecule has 0 saturated carbocycles.